The summed E-state index contributed by atoms with van der Waals surface area (Å²) in [7, 11) is 3.05. The second-order valence-electron chi connectivity index (χ2n) is 13.3. The predicted octanol–water partition coefficient (Wildman–Crippen LogP) is 4.88. The molecule has 1 saturated heterocycles. The lowest BCUT2D eigenvalue weighted by atomic mass is 10.0. The van der Waals surface area contributed by atoms with Crippen molar-refractivity contribution >= 4 is 50.7 Å². The van der Waals surface area contributed by atoms with Crippen molar-refractivity contribution in [3.05, 3.63) is 34.8 Å². The maximum absolute atomic E-state index is 14.1. The highest BCUT2D eigenvalue weighted by Crippen LogP contribution is 2.46. The SMILES string of the molecule is COc1cc(O[C@@H]2C[C@H]3C(=O)N[C@]4(C(=O)O)C[C@@H]4/C=C\CCCC[C@H](NC(=O)OC4CCCC4)CC(=O)N3C2)c2ccc(OC)c(Br)c2n1. The molecule has 2 saturated carbocycles. The maximum Gasteiger partial charge on any atom is 0.407 e. The lowest BCUT2D eigenvalue weighted by Crippen LogP contribution is -2.53. The van der Waals surface area contributed by atoms with Crippen molar-refractivity contribution in [2.75, 3.05) is 20.8 Å². The van der Waals surface area contributed by atoms with Crippen LogP contribution in [0.1, 0.15) is 70.6 Å². The number of aliphatic carboxylic acids is 1. The zero-order valence-corrected chi connectivity index (χ0v) is 29.3. The Morgan fingerprint density at radius 1 is 1.06 bits per heavy atom. The van der Waals surface area contributed by atoms with Gasteiger partial charge in [0.2, 0.25) is 17.7 Å². The molecule has 5 atom stereocenters. The van der Waals surface area contributed by atoms with E-state index in [0.717, 1.165) is 44.9 Å². The number of carbonyl (C=O) groups excluding carboxylic acids is 3. The zero-order valence-electron chi connectivity index (χ0n) is 27.7. The number of amides is 3. The van der Waals surface area contributed by atoms with E-state index in [9.17, 15) is 24.3 Å². The highest BCUT2D eigenvalue weighted by molar-refractivity contribution is 9.10. The van der Waals surface area contributed by atoms with Gasteiger partial charge >= 0.3 is 12.1 Å². The molecule has 6 rings (SSSR count). The van der Waals surface area contributed by atoms with Crippen LogP contribution in [0.25, 0.3) is 10.9 Å². The van der Waals surface area contributed by atoms with E-state index in [1.165, 1.54) is 12.0 Å². The second kappa shape index (κ2) is 14.8. The minimum Gasteiger partial charge on any atom is -0.495 e. The Labute approximate surface area is 293 Å². The van der Waals surface area contributed by atoms with Crippen LogP contribution in [0.4, 0.5) is 4.79 Å². The van der Waals surface area contributed by atoms with Gasteiger partial charge in [-0.25, -0.2) is 14.6 Å². The summed E-state index contributed by atoms with van der Waals surface area (Å²) in [5.41, 5.74) is -0.875. The van der Waals surface area contributed by atoms with Crippen LogP contribution in [0.15, 0.2) is 34.8 Å². The molecule has 3 heterocycles. The molecule has 2 aromatic rings. The van der Waals surface area contributed by atoms with Gasteiger partial charge in [0.05, 0.1) is 30.8 Å². The number of aromatic nitrogens is 1. The monoisotopic (exact) mass is 742 g/mol. The number of benzene rings is 1. The van der Waals surface area contributed by atoms with Gasteiger partial charge in [-0.05, 0) is 79.4 Å². The van der Waals surface area contributed by atoms with E-state index in [0.29, 0.717) is 39.2 Å². The zero-order chi connectivity index (χ0) is 34.7. The van der Waals surface area contributed by atoms with E-state index < -0.39 is 41.7 Å². The molecule has 3 N–H and O–H groups in total. The molecule has 1 aromatic carbocycles. The van der Waals surface area contributed by atoms with Gasteiger partial charge < -0.3 is 39.6 Å². The van der Waals surface area contributed by atoms with E-state index >= 15 is 0 Å². The molecule has 13 nitrogen and oxygen atoms in total. The largest absolute Gasteiger partial charge is 0.495 e. The third-order valence-electron chi connectivity index (χ3n) is 10.0. The number of pyridine rings is 1. The molecule has 0 radical (unpaired) electrons. The molecule has 3 fully saturated rings. The van der Waals surface area contributed by atoms with E-state index in [2.05, 4.69) is 31.5 Å². The third kappa shape index (κ3) is 7.58. The van der Waals surface area contributed by atoms with Gasteiger partial charge in [0, 0.05) is 36.3 Å². The summed E-state index contributed by atoms with van der Waals surface area (Å²) in [6.07, 6.45) is 9.41. The number of carboxylic acids is 1. The maximum atomic E-state index is 14.1. The fourth-order valence-electron chi connectivity index (χ4n) is 7.22. The molecule has 0 spiro atoms. The number of carbonyl (C=O) groups is 4. The first-order chi connectivity index (χ1) is 23.6. The molecular formula is C35H43BrN4O9. The number of methoxy groups -OCH3 is 2. The highest BCUT2D eigenvalue weighted by atomic mass is 79.9. The minimum atomic E-state index is -1.42. The molecule has 3 amide bonds. The smallest absolute Gasteiger partial charge is 0.407 e. The summed E-state index contributed by atoms with van der Waals surface area (Å²) in [6, 6.07) is 3.75. The van der Waals surface area contributed by atoms with E-state index in [1.54, 1.807) is 19.2 Å². The van der Waals surface area contributed by atoms with Crippen LogP contribution in [0.2, 0.25) is 0 Å². The van der Waals surface area contributed by atoms with Gasteiger partial charge in [-0.1, -0.05) is 18.6 Å². The van der Waals surface area contributed by atoms with Crippen molar-refractivity contribution in [2.45, 2.75) is 100 Å². The first kappa shape index (κ1) is 34.8. The third-order valence-corrected chi connectivity index (χ3v) is 10.8. The number of nitrogens with zero attached hydrogens (tertiary/aromatic N) is 2. The second-order valence-corrected chi connectivity index (χ2v) is 14.1. The van der Waals surface area contributed by atoms with Crippen molar-refractivity contribution in [1.82, 2.24) is 20.5 Å². The molecule has 1 aromatic heterocycles. The number of rotatable bonds is 7. The fraction of sp³-hybridized carbons (Fsp3) is 0.571. The molecule has 264 valence electrons. The normalized spacial score (nSPS) is 28.3. The summed E-state index contributed by atoms with van der Waals surface area (Å²) in [5.74, 6) is -1.03. The predicted molar refractivity (Wildman–Crippen MR) is 182 cm³/mol. The fourth-order valence-corrected chi connectivity index (χ4v) is 7.82. The van der Waals surface area contributed by atoms with Crippen LogP contribution in [0, 0.1) is 5.92 Å². The number of hydrogen-bond donors (Lipinski definition) is 3. The van der Waals surface area contributed by atoms with E-state index in [1.807, 2.05) is 18.2 Å². The lowest BCUT2D eigenvalue weighted by molar-refractivity contribution is -0.145. The van der Waals surface area contributed by atoms with Crippen LogP contribution in [-0.2, 0) is 19.1 Å². The highest BCUT2D eigenvalue weighted by Gasteiger charge is 2.61. The van der Waals surface area contributed by atoms with Crippen molar-refractivity contribution < 1.29 is 43.2 Å². The number of carboxylic acid groups (broad SMARTS) is 1. The Morgan fingerprint density at radius 3 is 2.57 bits per heavy atom. The summed E-state index contributed by atoms with van der Waals surface area (Å²) in [6.45, 7) is 0.0724. The Hall–Kier alpha value is -4.07. The Kier molecular flexibility index (Phi) is 10.5. The van der Waals surface area contributed by atoms with Gasteiger partial charge in [-0.15, -0.1) is 0 Å². The van der Waals surface area contributed by atoms with Crippen LogP contribution >= 0.6 is 15.9 Å². The standard InChI is InChI=1S/C35H43BrN4O9/c1-46-26-14-13-24-27(17-28(47-2)38-31(24)30(26)36)48-23-16-25-32(42)39-35(33(43)44)18-20(35)9-5-3-4-6-10-21(15-29(41)40(25)19-23)37-34(45)49-22-11-7-8-12-22/h5,9,13-14,17,20-23,25H,3-4,6-8,10-12,15-16,18-19H2,1-2H3,(H,37,45)(H,39,42)(H,43,44)/b9-5-/t20-,21-,23+,25-,35+/m0/s1. The van der Waals surface area contributed by atoms with Crippen molar-refractivity contribution in [2.24, 2.45) is 5.92 Å². The first-order valence-corrected chi connectivity index (χ1v) is 17.8. The van der Waals surface area contributed by atoms with Crippen molar-refractivity contribution in [1.29, 1.82) is 0 Å². The minimum absolute atomic E-state index is 0.0441. The van der Waals surface area contributed by atoms with Crippen molar-refractivity contribution in [3.63, 3.8) is 0 Å². The molecule has 49 heavy (non-hydrogen) atoms. The number of nitrogens with one attached hydrogen (secondary N) is 2. The first-order valence-electron chi connectivity index (χ1n) is 17.0. The summed E-state index contributed by atoms with van der Waals surface area (Å²) in [5, 5.41) is 16.5. The topological polar surface area (TPSA) is 166 Å². The van der Waals surface area contributed by atoms with Gasteiger partial charge in [-0.3, -0.25) is 9.59 Å². The number of fused-ring (bicyclic) bond motifs is 3. The Bertz CT molecular complexity index is 1630. The number of alkyl carbamates (subject to hydrolysis) is 1. The average molecular weight is 744 g/mol. The van der Waals surface area contributed by atoms with E-state index in [4.69, 9.17) is 18.9 Å². The number of ether oxygens (including phenoxy) is 4. The molecule has 4 aliphatic rings. The Morgan fingerprint density at radius 2 is 1.84 bits per heavy atom. The van der Waals surface area contributed by atoms with Crippen LogP contribution in [0.3, 0.4) is 0 Å². The molecule has 2 aliphatic heterocycles. The van der Waals surface area contributed by atoms with Gasteiger partial charge in [-0.2, -0.15) is 0 Å². The van der Waals surface area contributed by atoms with Crippen LogP contribution < -0.4 is 24.8 Å². The molecule has 2 aliphatic carbocycles. The lowest BCUT2D eigenvalue weighted by Gasteiger charge is -2.27. The molecule has 0 unspecified atom stereocenters. The van der Waals surface area contributed by atoms with Crippen molar-refractivity contribution in [3.8, 4) is 17.4 Å². The summed E-state index contributed by atoms with van der Waals surface area (Å²) >= 11 is 3.56. The number of allylic oxidation sites excluding steroid dienone is 1. The summed E-state index contributed by atoms with van der Waals surface area (Å²) < 4.78 is 23.6. The number of halogens is 1. The van der Waals surface area contributed by atoms with Gasteiger partial charge in [0.1, 0.15) is 35.3 Å². The summed E-state index contributed by atoms with van der Waals surface area (Å²) in [4.78, 5) is 59.3. The van der Waals surface area contributed by atoms with Crippen LogP contribution in [-0.4, -0.2) is 89.5 Å². The molecule has 14 heteroatoms. The Balaban J connectivity index is 1.27. The van der Waals surface area contributed by atoms with Gasteiger partial charge in [0.25, 0.3) is 0 Å². The molecular weight excluding hydrogens is 700 g/mol. The van der Waals surface area contributed by atoms with E-state index in [-0.39, 0.29) is 43.7 Å². The van der Waals surface area contributed by atoms with Crippen LogP contribution in [0.5, 0.6) is 17.4 Å². The molecule has 0 bridgehead atoms. The average Bonchev–Trinajstić information content (AvgIpc) is 3.36. The quantitative estimate of drug-likeness (QED) is 0.333. The van der Waals surface area contributed by atoms with Gasteiger partial charge in [0.15, 0.2) is 0 Å². The number of hydrogen-bond acceptors (Lipinski definition) is 9.